The maximum Gasteiger partial charge on any atom is 0.123 e. The Balaban J connectivity index is 1.80. The number of pyridine rings is 1. The molecule has 0 amide bonds. The molecule has 1 saturated heterocycles. The maximum absolute atomic E-state index is 13.8. The lowest BCUT2D eigenvalue weighted by atomic mass is 9.96. The van der Waals surface area contributed by atoms with E-state index in [1.54, 1.807) is 18.2 Å². The monoisotopic (exact) mass is 483 g/mol. The smallest absolute Gasteiger partial charge is 0.123 e. The summed E-state index contributed by atoms with van der Waals surface area (Å²) >= 11 is 12.7. The van der Waals surface area contributed by atoms with E-state index in [4.69, 9.17) is 23.2 Å². The Bertz CT molecular complexity index is 1130. The fourth-order valence-corrected chi connectivity index (χ4v) is 5.02. The van der Waals surface area contributed by atoms with E-state index in [1.807, 2.05) is 37.5 Å². The van der Waals surface area contributed by atoms with Gasteiger partial charge >= 0.3 is 0 Å². The molecule has 1 aromatic heterocycles. The molecule has 0 radical (unpaired) electrons. The van der Waals surface area contributed by atoms with E-state index in [-0.39, 0.29) is 5.82 Å². The Labute approximate surface area is 205 Å². The average Bonchev–Trinajstić information content (AvgIpc) is 2.79. The van der Waals surface area contributed by atoms with Gasteiger partial charge in [-0.25, -0.2) is 4.39 Å². The van der Waals surface area contributed by atoms with Crippen molar-refractivity contribution in [3.05, 3.63) is 81.8 Å². The van der Waals surface area contributed by atoms with Crippen molar-refractivity contribution in [1.29, 1.82) is 0 Å². The molecule has 1 N–H and O–H groups in total. The molecule has 33 heavy (non-hydrogen) atoms. The van der Waals surface area contributed by atoms with Gasteiger partial charge in [-0.3, -0.25) is 4.98 Å². The van der Waals surface area contributed by atoms with Crippen molar-refractivity contribution in [3.8, 4) is 11.1 Å². The third kappa shape index (κ3) is 5.75. The molecule has 0 spiro atoms. The third-order valence-corrected chi connectivity index (χ3v) is 6.51. The molecular weight excluding hydrogens is 456 g/mol. The summed E-state index contributed by atoms with van der Waals surface area (Å²) in [7, 11) is 0. The minimum Gasteiger partial charge on any atom is -0.370 e. The SMILES string of the molecule is CCNC1CCN(c2c(C=C(C)c3cccc(F)c3)cncc2-c2cc(Cl)cc(Cl)c2)CC1. The molecule has 0 atom stereocenters. The lowest BCUT2D eigenvalue weighted by molar-refractivity contribution is 0.424. The molecular formula is C27H28Cl2FN3. The highest BCUT2D eigenvalue weighted by Gasteiger charge is 2.23. The number of allylic oxidation sites excluding steroid dienone is 1. The van der Waals surface area contributed by atoms with Gasteiger partial charge in [0, 0.05) is 52.7 Å². The van der Waals surface area contributed by atoms with Crippen molar-refractivity contribution in [2.45, 2.75) is 32.7 Å². The molecule has 172 valence electrons. The zero-order valence-electron chi connectivity index (χ0n) is 18.9. The number of piperidine rings is 1. The quantitative estimate of drug-likeness (QED) is 0.397. The van der Waals surface area contributed by atoms with Gasteiger partial charge in [-0.1, -0.05) is 42.3 Å². The summed E-state index contributed by atoms with van der Waals surface area (Å²) in [6, 6.07) is 12.8. The number of benzene rings is 2. The Kier molecular flexibility index (Phi) is 7.69. The molecule has 2 heterocycles. The highest BCUT2D eigenvalue weighted by molar-refractivity contribution is 6.35. The van der Waals surface area contributed by atoms with Gasteiger partial charge in [-0.2, -0.15) is 0 Å². The van der Waals surface area contributed by atoms with E-state index < -0.39 is 0 Å². The van der Waals surface area contributed by atoms with Crippen LogP contribution in [0.5, 0.6) is 0 Å². The number of nitrogens with zero attached hydrogens (tertiary/aromatic N) is 2. The molecule has 3 nitrogen and oxygen atoms in total. The fourth-order valence-electron chi connectivity index (χ4n) is 4.50. The summed E-state index contributed by atoms with van der Waals surface area (Å²) < 4.78 is 13.8. The first-order chi connectivity index (χ1) is 15.9. The van der Waals surface area contributed by atoms with Gasteiger partial charge in [0.2, 0.25) is 0 Å². The van der Waals surface area contributed by atoms with Crippen molar-refractivity contribution < 1.29 is 4.39 Å². The lowest BCUT2D eigenvalue weighted by Gasteiger charge is -2.36. The van der Waals surface area contributed by atoms with E-state index in [9.17, 15) is 4.39 Å². The van der Waals surface area contributed by atoms with Gasteiger partial charge in [-0.15, -0.1) is 0 Å². The topological polar surface area (TPSA) is 28.2 Å². The summed E-state index contributed by atoms with van der Waals surface area (Å²) in [5.74, 6) is -0.244. The first-order valence-corrected chi connectivity index (χ1v) is 12.1. The van der Waals surface area contributed by atoms with Gasteiger partial charge in [-0.05, 0) is 79.4 Å². The molecule has 0 unspecified atom stereocenters. The van der Waals surface area contributed by atoms with Crippen molar-refractivity contribution in [3.63, 3.8) is 0 Å². The highest BCUT2D eigenvalue weighted by atomic mass is 35.5. The van der Waals surface area contributed by atoms with Crippen LogP contribution in [0.1, 0.15) is 37.8 Å². The van der Waals surface area contributed by atoms with Gasteiger partial charge in [0.25, 0.3) is 0 Å². The number of anilines is 1. The zero-order chi connectivity index (χ0) is 23.4. The van der Waals surface area contributed by atoms with Crippen molar-refractivity contribution in [1.82, 2.24) is 10.3 Å². The number of rotatable bonds is 6. The van der Waals surface area contributed by atoms with Crippen LogP contribution in [0.25, 0.3) is 22.8 Å². The van der Waals surface area contributed by atoms with Crippen molar-refractivity contribution in [2.75, 3.05) is 24.5 Å². The summed E-state index contributed by atoms with van der Waals surface area (Å²) in [4.78, 5) is 6.96. The van der Waals surface area contributed by atoms with Crippen LogP contribution >= 0.6 is 23.2 Å². The van der Waals surface area contributed by atoms with E-state index in [0.717, 1.165) is 66.0 Å². The molecule has 6 heteroatoms. The van der Waals surface area contributed by atoms with Crippen LogP contribution in [0, 0.1) is 5.82 Å². The Morgan fingerprint density at radius 1 is 1.12 bits per heavy atom. The van der Waals surface area contributed by atoms with Crippen LogP contribution in [0.2, 0.25) is 10.0 Å². The lowest BCUT2D eigenvalue weighted by Crippen LogP contribution is -2.42. The van der Waals surface area contributed by atoms with Gasteiger partial charge in [0.15, 0.2) is 0 Å². The van der Waals surface area contributed by atoms with Crippen molar-refractivity contribution in [2.24, 2.45) is 0 Å². The molecule has 2 aromatic carbocycles. The molecule has 1 aliphatic rings. The first-order valence-electron chi connectivity index (χ1n) is 11.3. The van der Waals surface area contributed by atoms with E-state index in [1.165, 1.54) is 6.07 Å². The first kappa shape index (κ1) is 23.7. The summed E-state index contributed by atoms with van der Waals surface area (Å²) in [5.41, 5.74) is 5.84. The second-order valence-electron chi connectivity index (χ2n) is 8.44. The number of hydrogen-bond acceptors (Lipinski definition) is 3. The maximum atomic E-state index is 13.8. The Morgan fingerprint density at radius 3 is 2.52 bits per heavy atom. The van der Waals surface area contributed by atoms with Crippen LogP contribution in [-0.2, 0) is 0 Å². The predicted molar refractivity (Wildman–Crippen MR) is 139 cm³/mol. The summed E-state index contributed by atoms with van der Waals surface area (Å²) in [6.07, 6.45) is 7.98. The van der Waals surface area contributed by atoms with Crippen LogP contribution in [0.15, 0.2) is 54.9 Å². The predicted octanol–water partition coefficient (Wildman–Crippen LogP) is 7.33. The number of halogens is 3. The molecule has 1 aliphatic heterocycles. The van der Waals surface area contributed by atoms with E-state index in [2.05, 4.69) is 28.2 Å². The zero-order valence-corrected chi connectivity index (χ0v) is 20.4. The summed E-state index contributed by atoms with van der Waals surface area (Å²) in [6.45, 7) is 6.99. The van der Waals surface area contributed by atoms with Crippen LogP contribution < -0.4 is 10.2 Å². The molecule has 0 aliphatic carbocycles. The van der Waals surface area contributed by atoms with Crippen LogP contribution in [0.4, 0.5) is 10.1 Å². The minimum atomic E-state index is -0.244. The van der Waals surface area contributed by atoms with Gasteiger partial charge in [0.05, 0.1) is 5.69 Å². The summed E-state index contributed by atoms with van der Waals surface area (Å²) in [5, 5.41) is 4.75. The highest BCUT2D eigenvalue weighted by Crippen LogP contribution is 2.38. The average molecular weight is 484 g/mol. The third-order valence-electron chi connectivity index (χ3n) is 6.08. The number of aromatic nitrogens is 1. The molecule has 0 bridgehead atoms. The fraction of sp³-hybridized carbons (Fsp3) is 0.296. The van der Waals surface area contributed by atoms with Crippen molar-refractivity contribution >= 4 is 40.5 Å². The second-order valence-corrected chi connectivity index (χ2v) is 9.31. The van der Waals surface area contributed by atoms with E-state index in [0.29, 0.717) is 16.1 Å². The molecule has 3 aromatic rings. The van der Waals surface area contributed by atoms with Crippen LogP contribution in [0.3, 0.4) is 0 Å². The molecule has 4 rings (SSSR count). The van der Waals surface area contributed by atoms with Gasteiger partial charge in [0.1, 0.15) is 5.82 Å². The minimum absolute atomic E-state index is 0.244. The Morgan fingerprint density at radius 2 is 1.85 bits per heavy atom. The number of nitrogens with one attached hydrogen (secondary N) is 1. The van der Waals surface area contributed by atoms with E-state index >= 15 is 0 Å². The molecule has 1 fully saturated rings. The Hall–Kier alpha value is -2.40. The number of hydrogen-bond donors (Lipinski definition) is 1. The largest absolute Gasteiger partial charge is 0.370 e. The molecule has 0 saturated carbocycles. The standard InChI is InChI=1S/C27H28Cl2FN3/c1-3-32-25-7-9-33(10-8-25)27-21(11-18(2)19-5-4-6-24(30)14-19)16-31-17-26(27)20-12-22(28)15-23(29)13-20/h4-6,11-17,25,32H,3,7-10H2,1-2H3. The van der Waals surface area contributed by atoms with Crippen LogP contribution in [-0.4, -0.2) is 30.7 Å². The van der Waals surface area contributed by atoms with Gasteiger partial charge < -0.3 is 10.2 Å². The second kappa shape index (κ2) is 10.7. The normalized spacial score (nSPS) is 15.2.